The number of aromatic nitrogens is 4. The van der Waals surface area contributed by atoms with Crippen molar-refractivity contribution in [1.29, 1.82) is 0 Å². The molecule has 0 spiro atoms. The number of anilines is 1. The molecule has 136 valence electrons. The summed E-state index contributed by atoms with van der Waals surface area (Å²) in [6.07, 6.45) is 4.19. The molecule has 3 rings (SSSR count). The van der Waals surface area contributed by atoms with E-state index in [1.54, 1.807) is 16.7 Å². The molecule has 0 bridgehead atoms. The van der Waals surface area contributed by atoms with Crippen LogP contribution < -0.4 is 5.32 Å². The van der Waals surface area contributed by atoms with Crippen molar-refractivity contribution < 1.29 is 9.18 Å². The summed E-state index contributed by atoms with van der Waals surface area (Å²) >= 11 is 2.76. The minimum Gasteiger partial charge on any atom is -0.295 e. The average Bonchev–Trinajstić information content (AvgIpc) is 3.21. The fourth-order valence-electron chi connectivity index (χ4n) is 2.38. The van der Waals surface area contributed by atoms with E-state index in [0.29, 0.717) is 27.6 Å². The lowest BCUT2D eigenvalue weighted by molar-refractivity contribution is 0.102. The summed E-state index contributed by atoms with van der Waals surface area (Å²) in [5.41, 5.74) is 1.01. The molecule has 0 radical (unpaired) electrons. The number of benzene rings is 1. The fourth-order valence-corrected chi connectivity index (χ4v) is 3.87. The summed E-state index contributed by atoms with van der Waals surface area (Å²) in [6, 6.07) is 5.92. The minimum absolute atomic E-state index is 0.336. The van der Waals surface area contributed by atoms with Crippen LogP contribution in [0.25, 0.3) is 5.69 Å². The van der Waals surface area contributed by atoms with Gasteiger partial charge in [0.2, 0.25) is 5.13 Å². The van der Waals surface area contributed by atoms with Gasteiger partial charge in [0.15, 0.2) is 5.16 Å². The molecule has 0 atom stereocenters. The Labute approximate surface area is 158 Å². The van der Waals surface area contributed by atoms with E-state index in [2.05, 4.69) is 34.3 Å². The first kappa shape index (κ1) is 18.5. The van der Waals surface area contributed by atoms with E-state index in [4.69, 9.17) is 0 Å². The predicted molar refractivity (Wildman–Crippen MR) is 102 cm³/mol. The Hall–Kier alpha value is -2.26. The zero-order valence-corrected chi connectivity index (χ0v) is 16.2. The fraction of sp³-hybridized carbons (Fsp3) is 0.294. The van der Waals surface area contributed by atoms with Crippen molar-refractivity contribution >= 4 is 34.1 Å². The molecule has 0 saturated heterocycles. The number of imidazole rings is 1. The lowest BCUT2D eigenvalue weighted by Crippen LogP contribution is -2.16. The molecule has 0 aliphatic heterocycles. The molecular weight excluding hydrogens is 373 g/mol. The van der Waals surface area contributed by atoms with Crippen LogP contribution in [0.5, 0.6) is 0 Å². The lowest BCUT2D eigenvalue weighted by Gasteiger charge is -2.10. The molecule has 9 heteroatoms. The van der Waals surface area contributed by atoms with E-state index in [1.165, 1.54) is 41.4 Å². The van der Waals surface area contributed by atoms with Gasteiger partial charge in [0.1, 0.15) is 16.5 Å². The van der Waals surface area contributed by atoms with Crippen molar-refractivity contribution in [2.45, 2.75) is 25.4 Å². The first-order valence-corrected chi connectivity index (χ1v) is 10.0. The van der Waals surface area contributed by atoms with Crippen molar-refractivity contribution in [2.75, 3.05) is 11.6 Å². The smallest absolute Gasteiger partial charge is 0.276 e. The van der Waals surface area contributed by atoms with Crippen LogP contribution in [0.2, 0.25) is 0 Å². The SMILES string of the molecule is CSc1ncc(C(=O)Nc2nnc(CC(C)C)s2)n1-c1ccc(F)cc1. The maximum atomic E-state index is 13.2. The van der Waals surface area contributed by atoms with Gasteiger partial charge in [0.05, 0.1) is 6.20 Å². The summed E-state index contributed by atoms with van der Waals surface area (Å²) in [6.45, 7) is 4.20. The topological polar surface area (TPSA) is 72.7 Å². The Kier molecular flexibility index (Phi) is 5.67. The quantitative estimate of drug-likeness (QED) is 0.642. The van der Waals surface area contributed by atoms with E-state index in [1.807, 2.05) is 6.26 Å². The molecule has 6 nitrogen and oxygen atoms in total. The van der Waals surface area contributed by atoms with Crippen molar-refractivity contribution in [3.63, 3.8) is 0 Å². The van der Waals surface area contributed by atoms with Gasteiger partial charge in [-0.1, -0.05) is 36.9 Å². The van der Waals surface area contributed by atoms with Gasteiger partial charge in [-0.3, -0.25) is 14.7 Å². The van der Waals surface area contributed by atoms with Gasteiger partial charge in [-0.15, -0.1) is 10.2 Å². The van der Waals surface area contributed by atoms with Crippen LogP contribution in [-0.4, -0.2) is 31.9 Å². The number of hydrogen-bond acceptors (Lipinski definition) is 6. The van der Waals surface area contributed by atoms with E-state index in [0.717, 1.165) is 11.4 Å². The predicted octanol–water partition coefficient (Wildman–Crippen LogP) is 4.04. The zero-order chi connectivity index (χ0) is 18.7. The molecule has 1 amide bonds. The van der Waals surface area contributed by atoms with Crippen LogP contribution in [0, 0.1) is 11.7 Å². The second-order valence-corrected chi connectivity index (χ2v) is 7.83. The Bertz CT molecular complexity index is 904. The number of halogens is 1. The van der Waals surface area contributed by atoms with Gasteiger partial charge >= 0.3 is 0 Å². The van der Waals surface area contributed by atoms with Crippen molar-refractivity contribution in [3.05, 3.63) is 47.0 Å². The number of amides is 1. The maximum absolute atomic E-state index is 13.2. The Morgan fingerprint density at radius 3 is 2.69 bits per heavy atom. The zero-order valence-electron chi connectivity index (χ0n) is 14.6. The highest BCUT2D eigenvalue weighted by molar-refractivity contribution is 7.98. The number of hydrogen-bond donors (Lipinski definition) is 1. The molecule has 1 N–H and O–H groups in total. The second-order valence-electron chi connectivity index (χ2n) is 6.00. The number of rotatable bonds is 6. The van der Waals surface area contributed by atoms with Crippen LogP contribution in [0.1, 0.15) is 29.3 Å². The number of carbonyl (C=O) groups is 1. The third-order valence-corrected chi connectivity index (χ3v) is 5.01. The monoisotopic (exact) mass is 391 g/mol. The normalized spacial score (nSPS) is 11.1. The molecule has 0 unspecified atom stereocenters. The third-order valence-electron chi connectivity index (χ3n) is 3.50. The van der Waals surface area contributed by atoms with Gasteiger partial charge in [0, 0.05) is 12.1 Å². The van der Waals surface area contributed by atoms with Gasteiger partial charge in [-0.25, -0.2) is 9.37 Å². The van der Waals surface area contributed by atoms with Crippen LogP contribution in [0.4, 0.5) is 9.52 Å². The Morgan fingerprint density at radius 2 is 2.04 bits per heavy atom. The van der Waals surface area contributed by atoms with Gasteiger partial charge in [-0.05, 0) is 36.4 Å². The summed E-state index contributed by atoms with van der Waals surface area (Å²) in [5.74, 6) is -0.206. The van der Waals surface area contributed by atoms with Crippen LogP contribution in [0.15, 0.2) is 35.6 Å². The molecule has 1 aromatic carbocycles. The first-order chi connectivity index (χ1) is 12.5. The molecule has 0 aliphatic rings. The van der Waals surface area contributed by atoms with Crippen LogP contribution in [-0.2, 0) is 6.42 Å². The number of carbonyl (C=O) groups excluding carboxylic acids is 1. The van der Waals surface area contributed by atoms with E-state index in [9.17, 15) is 9.18 Å². The largest absolute Gasteiger partial charge is 0.295 e. The summed E-state index contributed by atoms with van der Waals surface area (Å²) < 4.78 is 14.9. The second kappa shape index (κ2) is 7.96. The lowest BCUT2D eigenvalue weighted by atomic mass is 10.1. The van der Waals surface area contributed by atoms with Crippen molar-refractivity contribution in [2.24, 2.45) is 5.92 Å². The third kappa shape index (κ3) is 4.10. The molecular formula is C17H18FN5OS2. The molecule has 3 aromatic rings. The Morgan fingerprint density at radius 1 is 1.31 bits per heavy atom. The summed E-state index contributed by atoms with van der Waals surface area (Å²) in [5, 5.41) is 12.9. The van der Waals surface area contributed by atoms with E-state index in [-0.39, 0.29) is 11.7 Å². The van der Waals surface area contributed by atoms with E-state index >= 15 is 0 Å². The van der Waals surface area contributed by atoms with Crippen LogP contribution in [0.3, 0.4) is 0 Å². The first-order valence-electron chi connectivity index (χ1n) is 7.99. The highest BCUT2D eigenvalue weighted by atomic mass is 32.2. The summed E-state index contributed by atoms with van der Waals surface area (Å²) in [4.78, 5) is 17.0. The number of thioether (sulfide) groups is 1. The summed E-state index contributed by atoms with van der Waals surface area (Å²) in [7, 11) is 0. The molecule has 0 aliphatic carbocycles. The Balaban J connectivity index is 1.87. The van der Waals surface area contributed by atoms with Crippen molar-refractivity contribution in [3.8, 4) is 5.69 Å². The van der Waals surface area contributed by atoms with Gasteiger partial charge < -0.3 is 0 Å². The molecule has 2 heterocycles. The highest BCUT2D eigenvalue weighted by Gasteiger charge is 2.19. The maximum Gasteiger partial charge on any atom is 0.276 e. The molecule has 2 aromatic heterocycles. The standard InChI is InChI=1S/C17H18FN5OS2/c1-10(2)8-14-21-22-16(26-14)20-15(24)13-9-19-17(25-3)23(13)12-6-4-11(18)5-7-12/h4-7,9-10H,8H2,1-3H3,(H,20,22,24). The highest BCUT2D eigenvalue weighted by Crippen LogP contribution is 2.24. The number of nitrogens with one attached hydrogen (secondary N) is 1. The van der Waals surface area contributed by atoms with Gasteiger partial charge in [0.25, 0.3) is 5.91 Å². The van der Waals surface area contributed by atoms with E-state index < -0.39 is 0 Å². The van der Waals surface area contributed by atoms with Crippen molar-refractivity contribution in [1.82, 2.24) is 19.7 Å². The van der Waals surface area contributed by atoms with Gasteiger partial charge in [-0.2, -0.15) is 0 Å². The minimum atomic E-state index is -0.339. The molecule has 26 heavy (non-hydrogen) atoms. The van der Waals surface area contributed by atoms with Crippen LogP contribution >= 0.6 is 23.1 Å². The molecule has 0 fully saturated rings. The average molecular weight is 391 g/mol. The number of nitrogens with zero attached hydrogens (tertiary/aromatic N) is 4. The molecule has 0 saturated carbocycles.